The van der Waals surface area contributed by atoms with Gasteiger partial charge in [0.2, 0.25) is 0 Å². The van der Waals surface area contributed by atoms with Crippen LogP contribution in [-0.4, -0.2) is 67.9 Å². The first kappa shape index (κ1) is 21.4. The van der Waals surface area contributed by atoms with E-state index in [2.05, 4.69) is 49.4 Å². The van der Waals surface area contributed by atoms with Gasteiger partial charge in [0, 0.05) is 0 Å². The molecule has 0 saturated carbocycles. The van der Waals surface area contributed by atoms with Crippen molar-refractivity contribution in [3.63, 3.8) is 0 Å². The van der Waals surface area contributed by atoms with Crippen LogP contribution in [0.25, 0.3) is 11.3 Å². The number of benzene rings is 2. The number of morpholine rings is 1. The summed E-state index contributed by atoms with van der Waals surface area (Å²) in [5.74, 6) is 0.00377. The molecule has 33 heavy (non-hydrogen) atoms. The number of H-pyrrole nitrogens is 1. The van der Waals surface area contributed by atoms with Crippen molar-refractivity contribution in [1.82, 2.24) is 19.9 Å². The molecule has 9 heteroatoms. The summed E-state index contributed by atoms with van der Waals surface area (Å²) in [5, 5.41) is 2.83. The Morgan fingerprint density at radius 1 is 0.970 bits per heavy atom. The fourth-order valence-corrected chi connectivity index (χ4v) is 5.49. The average molecular weight is 502 g/mol. The van der Waals surface area contributed by atoms with Crippen LogP contribution in [0.5, 0.6) is 0 Å². The summed E-state index contributed by atoms with van der Waals surface area (Å²) in [6.07, 6.45) is 4.98. The first-order chi connectivity index (χ1) is 16.2. The Morgan fingerprint density at radius 3 is 2.48 bits per heavy atom. The van der Waals surface area contributed by atoms with Crippen LogP contribution in [0.15, 0.2) is 73.2 Å². The maximum absolute atomic E-state index is 12.1. The van der Waals surface area contributed by atoms with Crippen LogP contribution in [0.1, 0.15) is 10.6 Å². The number of anilines is 2. The van der Waals surface area contributed by atoms with Gasteiger partial charge in [-0.1, -0.05) is 0 Å². The maximum atomic E-state index is 12.1. The summed E-state index contributed by atoms with van der Waals surface area (Å²) < 4.78 is 7.62. The van der Waals surface area contributed by atoms with Crippen molar-refractivity contribution >= 4 is 42.0 Å². The molecule has 166 valence electrons. The molecule has 2 aromatic heterocycles. The van der Waals surface area contributed by atoms with Gasteiger partial charge >= 0.3 is 198 Å². The number of hydrogen-bond acceptors (Lipinski definition) is 6. The third-order valence-corrected chi connectivity index (χ3v) is 7.59. The number of amides is 1. The van der Waals surface area contributed by atoms with Crippen LogP contribution in [0.3, 0.4) is 0 Å². The fourth-order valence-electron chi connectivity index (χ4n) is 3.59. The molecule has 2 aromatic carbocycles. The number of ether oxygens (including phenoxy) is 1. The van der Waals surface area contributed by atoms with E-state index in [9.17, 15) is 4.79 Å². The molecule has 0 aliphatic carbocycles. The minimum atomic E-state index is -0.640. The Balaban J connectivity index is 1.24. The van der Waals surface area contributed by atoms with Gasteiger partial charge in [0.1, 0.15) is 0 Å². The first-order valence-electron chi connectivity index (χ1n) is 10.7. The van der Waals surface area contributed by atoms with Gasteiger partial charge in [-0.2, -0.15) is 0 Å². The molecule has 0 spiro atoms. The Labute approximate surface area is 198 Å². The summed E-state index contributed by atoms with van der Waals surface area (Å²) in [6, 6.07) is 18.3. The average Bonchev–Trinajstić information content (AvgIpc) is 3.41. The number of aromatic amines is 1. The van der Waals surface area contributed by atoms with Gasteiger partial charge in [0.05, 0.1) is 0 Å². The minimum absolute atomic E-state index is 0.276. The van der Waals surface area contributed by atoms with E-state index in [0.29, 0.717) is 5.69 Å². The molecule has 1 aliphatic rings. The molecule has 1 saturated heterocycles. The van der Waals surface area contributed by atoms with E-state index in [-0.39, 0.29) is 11.7 Å². The molecule has 1 atom stereocenters. The zero-order valence-corrected chi connectivity index (χ0v) is 20.0. The first-order valence-corrected chi connectivity index (χ1v) is 12.8. The molecule has 8 nitrogen and oxygen atoms in total. The normalized spacial score (nSPS) is 14.0. The fraction of sp³-hybridized carbons (Fsp3) is 0.167. The second-order valence-corrected chi connectivity index (χ2v) is 10.2. The SMILES string of the molecule is O=C(Nc1ccc(-c2ccnc([AsH]c3ccc(N4CCOCC4)cc3)n2)cc1)c1ncc[nH]1. The molecule has 1 amide bonds. The molecule has 1 aliphatic heterocycles. The molecule has 0 radical (unpaired) electrons. The topological polar surface area (TPSA) is 96.0 Å². The second-order valence-electron chi connectivity index (χ2n) is 7.51. The molecule has 1 fully saturated rings. The van der Waals surface area contributed by atoms with Crippen molar-refractivity contribution in [2.45, 2.75) is 0 Å². The second kappa shape index (κ2) is 9.98. The number of nitrogens with zero attached hydrogens (tertiary/aromatic N) is 4. The molecule has 3 heterocycles. The number of carbonyl (C=O) groups is 1. The van der Waals surface area contributed by atoms with Crippen molar-refractivity contribution in [3.05, 3.63) is 79.0 Å². The summed E-state index contributed by atoms with van der Waals surface area (Å²) in [5.41, 5.74) is 3.78. The molecule has 2 N–H and O–H groups in total. The number of imidazole rings is 1. The van der Waals surface area contributed by atoms with E-state index in [0.717, 1.165) is 42.2 Å². The predicted molar refractivity (Wildman–Crippen MR) is 130 cm³/mol. The van der Waals surface area contributed by atoms with E-state index < -0.39 is 15.8 Å². The van der Waals surface area contributed by atoms with Crippen molar-refractivity contribution in [1.29, 1.82) is 0 Å². The van der Waals surface area contributed by atoms with Gasteiger partial charge in [0.25, 0.3) is 0 Å². The summed E-state index contributed by atoms with van der Waals surface area (Å²) >= 11 is -0.640. The number of carbonyl (C=O) groups excluding carboxylic acids is 1. The van der Waals surface area contributed by atoms with Crippen LogP contribution < -0.4 is 19.2 Å². The van der Waals surface area contributed by atoms with E-state index in [1.165, 1.54) is 10.0 Å². The van der Waals surface area contributed by atoms with Crippen molar-refractivity contribution < 1.29 is 9.53 Å². The Kier molecular flexibility index (Phi) is 6.46. The van der Waals surface area contributed by atoms with Gasteiger partial charge in [-0.05, 0) is 0 Å². The van der Waals surface area contributed by atoms with Gasteiger partial charge in [-0.3, -0.25) is 0 Å². The third kappa shape index (κ3) is 5.30. The van der Waals surface area contributed by atoms with Crippen molar-refractivity contribution in [2.75, 3.05) is 36.5 Å². The van der Waals surface area contributed by atoms with Gasteiger partial charge in [-0.25, -0.2) is 0 Å². The Bertz CT molecular complexity index is 1210. The predicted octanol–water partition coefficient (Wildman–Crippen LogP) is 1.34. The quantitative estimate of drug-likeness (QED) is 0.387. The summed E-state index contributed by atoms with van der Waals surface area (Å²) in [7, 11) is 0. The van der Waals surface area contributed by atoms with Gasteiger partial charge in [0.15, 0.2) is 0 Å². The van der Waals surface area contributed by atoms with Crippen LogP contribution >= 0.6 is 0 Å². The van der Waals surface area contributed by atoms with Gasteiger partial charge in [-0.15, -0.1) is 0 Å². The van der Waals surface area contributed by atoms with E-state index in [1.807, 2.05) is 36.5 Å². The monoisotopic (exact) mass is 502 g/mol. The molecule has 1 unspecified atom stereocenters. The number of hydrogen-bond donors (Lipinski definition) is 2. The van der Waals surface area contributed by atoms with Gasteiger partial charge < -0.3 is 0 Å². The molecular weight excluding hydrogens is 479 g/mol. The number of aromatic nitrogens is 4. The third-order valence-electron chi connectivity index (χ3n) is 5.31. The molecule has 0 bridgehead atoms. The summed E-state index contributed by atoms with van der Waals surface area (Å²) in [6.45, 7) is 3.44. The Hall–Kier alpha value is -3.48. The summed E-state index contributed by atoms with van der Waals surface area (Å²) in [4.78, 5) is 30.5. The van der Waals surface area contributed by atoms with Crippen LogP contribution in [0.2, 0.25) is 0 Å². The van der Waals surface area contributed by atoms with E-state index in [4.69, 9.17) is 9.72 Å². The Morgan fingerprint density at radius 2 is 1.76 bits per heavy atom. The zero-order valence-electron chi connectivity index (χ0n) is 17.9. The van der Waals surface area contributed by atoms with E-state index >= 15 is 0 Å². The molecule has 4 aromatic rings. The standard InChI is InChI=1S/C24H23AsN6O2/c32-23(22-26-11-12-27-22)29-19-5-1-17(2-6-19)21-9-10-28-24(30-21)25-18-3-7-20(8-4-18)31-13-15-33-16-14-31/h1-12,25H,13-16H2,(H,26,27)(H,29,32). The number of nitrogens with one attached hydrogen (secondary N) is 2. The van der Waals surface area contributed by atoms with E-state index in [1.54, 1.807) is 12.4 Å². The molecule has 5 rings (SSSR count). The van der Waals surface area contributed by atoms with Crippen LogP contribution in [0, 0.1) is 0 Å². The van der Waals surface area contributed by atoms with Crippen molar-refractivity contribution in [3.8, 4) is 11.3 Å². The number of rotatable bonds is 6. The molecular formula is C24H23AsN6O2. The van der Waals surface area contributed by atoms with Crippen LogP contribution in [-0.2, 0) is 4.74 Å². The van der Waals surface area contributed by atoms with Crippen molar-refractivity contribution in [2.24, 2.45) is 0 Å². The zero-order chi connectivity index (χ0) is 22.5. The van der Waals surface area contributed by atoms with Crippen LogP contribution in [0.4, 0.5) is 11.4 Å².